The summed E-state index contributed by atoms with van der Waals surface area (Å²) < 4.78 is 0. The number of aromatic nitrogens is 1. The summed E-state index contributed by atoms with van der Waals surface area (Å²) in [5.74, 6) is 1.03. The maximum atomic E-state index is 4.57. The first-order valence-corrected chi connectivity index (χ1v) is 6.42. The van der Waals surface area contributed by atoms with Gasteiger partial charge in [-0.1, -0.05) is 12.1 Å². The van der Waals surface area contributed by atoms with Crippen molar-refractivity contribution in [2.45, 2.75) is 39.3 Å². The molecule has 0 amide bonds. The lowest BCUT2D eigenvalue weighted by Crippen LogP contribution is -2.43. The van der Waals surface area contributed by atoms with E-state index in [-0.39, 0.29) is 11.6 Å². The third kappa shape index (κ3) is 3.33. The molecule has 1 N–H and O–H groups in total. The van der Waals surface area contributed by atoms with Gasteiger partial charge in [-0.05, 0) is 40.8 Å². The molecule has 100 valence electrons. The van der Waals surface area contributed by atoms with E-state index in [9.17, 15) is 0 Å². The second kappa shape index (κ2) is 6.01. The van der Waals surface area contributed by atoms with Gasteiger partial charge < -0.3 is 10.2 Å². The quantitative estimate of drug-likeness (QED) is 0.810. The molecule has 1 atom stereocenters. The molecule has 0 aliphatic heterocycles. The zero-order valence-electron chi connectivity index (χ0n) is 12.2. The van der Waals surface area contributed by atoms with Crippen LogP contribution in [0.1, 0.15) is 39.3 Å². The van der Waals surface area contributed by atoms with Gasteiger partial charge in [-0.15, -0.1) is 6.58 Å². The summed E-state index contributed by atoms with van der Waals surface area (Å²) in [6.07, 6.45) is 3.77. The van der Waals surface area contributed by atoms with Crippen LogP contribution in [-0.4, -0.2) is 24.1 Å². The standard InChI is InChI=1S/C15H25N3/c1-7-11-18(15(3,4)5)14-13(12(2)16-6)9-8-10-17-14/h7-10,12,16H,1,11H2,2-6H3. The van der Waals surface area contributed by atoms with Crippen molar-refractivity contribution in [3.63, 3.8) is 0 Å². The number of pyridine rings is 1. The Hall–Kier alpha value is -1.35. The van der Waals surface area contributed by atoms with E-state index in [1.54, 1.807) is 0 Å². The van der Waals surface area contributed by atoms with Crippen molar-refractivity contribution >= 4 is 5.82 Å². The predicted molar refractivity (Wildman–Crippen MR) is 79.0 cm³/mol. The Morgan fingerprint density at radius 2 is 2.17 bits per heavy atom. The highest BCUT2D eigenvalue weighted by atomic mass is 15.2. The number of nitrogens with one attached hydrogen (secondary N) is 1. The Balaban J connectivity index is 3.23. The van der Waals surface area contributed by atoms with Crippen molar-refractivity contribution in [3.05, 3.63) is 36.5 Å². The van der Waals surface area contributed by atoms with Crippen molar-refractivity contribution in [2.24, 2.45) is 0 Å². The molecular formula is C15H25N3. The largest absolute Gasteiger partial charge is 0.348 e. The van der Waals surface area contributed by atoms with E-state index in [0.29, 0.717) is 0 Å². The normalized spacial score (nSPS) is 13.2. The average molecular weight is 247 g/mol. The lowest BCUT2D eigenvalue weighted by atomic mass is 10.0. The third-order valence-electron chi connectivity index (χ3n) is 3.09. The van der Waals surface area contributed by atoms with Crippen molar-refractivity contribution in [3.8, 4) is 0 Å². The molecule has 1 unspecified atom stereocenters. The Labute approximate surface area is 111 Å². The van der Waals surface area contributed by atoms with Gasteiger partial charge >= 0.3 is 0 Å². The summed E-state index contributed by atoms with van der Waals surface area (Å²) in [6.45, 7) is 13.4. The minimum absolute atomic E-state index is 0.0186. The van der Waals surface area contributed by atoms with Crippen molar-refractivity contribution in [2.75, 3.05) is 18.5 Å². The van der Waals surface area contributed by atoms with Crippen LogP contribution in [0.4, 0.5) is 5.82 Å². The first-order valence-electron chi connectivity index (χ1n) is 6.42. The summed E-state index contributed by atoms with van der Waals surface area (Å²) in [5.41, 5.74) is 1.24. The molecule has 0 radical (unpaired) electrons. The zero-order valence-corrected chi connectivity index (χ0v) is 12.2. The predicted octanol–water partition coefficient (Wildman–Crippen LogP) is 3.15. The van der Waals surface area contributed by atoms with Crippen LogP contribution in [0.25, 0.3) is 0 Å². The second-order valence-electron chi connectivity index (χ2n) is 5.50. The van der Waals surface area contributed by atoms with Gasteiger partial charge in [0.25, 0.3) is 0 Å². The maximum absolute atomic E-state index is 4.57. The highest BCUT2D eigenvalue weighted by molar-refractivity contribution is 5.50. The monoisotopic (exact) mass is 247 g/mol. The molecule has 3 heteroatoms. The van der Waals surface area contributed by atoms with Gasteiger partial charge in [0.05, 0.1) is 0 Å². The summed E-state index contributed by atoms with van der Waals surface area (Å²) in [5, 5.41) is 3.28. The van der Waals surface area contributed by atoms with E-state index >= 15 is 0 Å². The van der Waals surface area contributed by atoms with Crippen LogP contribution in [0.3, 0.4) is 0 Å². The van der Waals surface area contributed by atoms with Crippen molar-refractivity contribution in [1.82, 2.24) is 10.3 Å². The van der Waals surface area contributed by atoms with Gasteiger partial charge in [-0.2, -0.15) is 0 Å². The smallest absolute Gasteiger partial charge is 0.134 e. The fourth-order valence-electron chi connectivity index (χ4n) is 1.94. The van der Waals surface area contributed by atoms with Gasteiger partial charge in [0.2, 0.25) is 0 Å². The maximum Gasteiger partial charge on any atom is 0.134 e. The van der Waals surface area contributed by atoms with Crippen LogP contribution in [0, 0.1) is 0 Å². The minimum Gasteiger partial charge on any atom is -0.348 e. The molecule has 1 rings (SSSR count). The van der Waals surface area contributed by atoms with Crippen LogP contribution >= 0.6 is 0 Å². The molecule has 18 heavy (non-hydrogen) atoms. The molecule has 0 aliphatic rings. The second-order valence-corrected chi connectivity index (χ2v) is 5.50. The Morgan fingerprint density at radius 3 is 2.67 bits per heavy atom. The van der Waals surface area contributed by atoms with E-state index in [1.807, 2.05) is 25.4 Å². The zero-order chi connectivity index (χ0) is 13.8. The molecule has 0 saturated carbocycles. The van der Waals surface area contributed by atoms with Gasteiger partial charge in [0.1, 0.15) is 5.82 Å². The first kappa shape index (κ1) is 14.7. The van der Waals surface area contributed by atoms with Crippen LogP contribution < -0.4 is 10.2 Å². The molecule has 1 heterocycles. The van der Waals surface area contributed by atoms with Crippen LogP contribution in [0.5, 0.6) is 0 Å². The fraction of sp³-hybridized carbons (Fsp3) is 0.533. The molecule has 0 spiro atoms. The Bertz CT molecular complexity index is 393. The van der Waals surface area contributed by atoms with Crippen LogP contribution in [0.2, 0.25) is 0 Å². The van der Waals surface area contributed by atoms with E-state index in [4.69, 9.17) is 0 Å². The molecule has 0 bridgehead atoms. The molecule has 0 aliphatic carbocycles. The third-order valence-corrected chi connectivity index (χ3v) is 3.09. The molecule has 0 aromatic carbocycles. The van der Waals surface area contributed by atoms with Crippen molar-refractivity contribution in [1.29, 1.82) is 0 Å². The first-order chi connectivity index (χ1) is 8.41. The minimum atomic E-state index is 0.0186. The fourth-order valence-corrected chi connectivity index (χ4v) is 1.94. The molecule has 1 aromatic rings. The highest BCUT2D eigenvalue weighted by Gasteiger charge is 2.24. The lowest BCUT2D eigenvalue weighted by molar-refractivity contribution is 0.511. The van der Waals surface area contributed by atoms with Gasteiger partial charge in [-0.25, -0.2) is 4.98 Å². The summed E-state index contributed by atoms with van der Waals surface area (Å²) in [4.78, 5) is 6.85. The Kier molecular flexibility index (Phi) is 4.91. The van der Waals surface area contributed by atoms with Gasteiger partial charge in [-0.3, -0.25) is 0 Å². The van der Waals surface area contributed by atoms with E-state index in [0.717, 1.165) is 12.4 Å². The van der Waals surface area contributed by atoms with E-state index in [1.165, 1.54) is 5.56 Å². The Morgan fingerprint density at radius 1 is 1.50 bits per heavy atom. The molecule has 1 aromatic heterocycles. The van der Waals surface area contributed by atoms with E-state index in [2.05, 4.69) is 55.5 Å². The summed E-state index contributed by atoms with van der Waals surface area (Å²) in [6, 6.07) is 4.40. The van der Waals surface area contributed by atoms with Crippen LogP contribution in [0.15, 0.2) is 31.0 Å². The van der Waals surface area contributed by atoms with Gasteiger partial charge in [0, 0.05) is 29.9 Å². The number of rotatable bonds is 5. The lowest BCUT2D eigenvalue weighted by Gasteiger charge is -2.37. The molecule has 3 nitrogen and oxygen atoms in total. The summed E-state index contributed by atoms with van der Waals surface area (Å²) in [7, 11) is 1.97. The van der Waals surface area contributed by atoms with E-state index < -0.39 is 0 Å². The molecular weight excluding hydrogens is 222 g/mol. The number of hydrogen-bond donors (Lipinski definition) is 1. The highest BCUT2D eigenvalue weighted by Crippen LogP contribution is 2.28. The number of anilines is 1. The number of nitrogens with zero attached hydrogens (tertiary/aromatic N) is 2. The molecule has 0 fully saturated rings. The number of hydrogen-bond acceptors (Lipinski definition) is 3. The topological polar surface area (TPSA) is 28.2 Å². The molecule has 0 saturated heterocycles. The SMILES string of the molecule is C=CCN(c1ncccc1C(C)NC)C(C)(C)C. The van der Waals surface area contributed by atoms with Crippen molar-refractivity contribution < 1.29 is 0 Å². The van der Waals surface area contributed by atoms with Crippen LogP contribution in [-0.2, 0) is 0 Å². The van der Waals surface area contributed by atoms with Gasteiger partial charge in [0.15, 0.2) is 0 Å². The average Bonchev–Trinajstić information content (AvgIpc) is 2.33. The summed E-state index contributed by atoms with van der Waals surface area (Å²) >= 11 is 0.